The third-order valence-corrected chi connectivity index (χ3v) is 1.94. The molecule has 0 heterocycles. The molecule has 0 unspecified atom stereocenters. The van der Waals surface area contributed by atoms with Gasteiger partial charge in [0, 0.05) is 11.1 Å². The van der Waals surface area contributed by atoms with Crippen LogP contribution < -0.4 is 0 Å². The normalized spacial score (nSPS) is 11.3. The fourth-order valence-corrected chi connectivity index (χ4v) is 0.758. The molecule has 0 rings (SSSR count). The number of ether oxygens (including phenoxy) is 1. The zero-order chi connectivity index (χ0) is 13.1. The van der Waals surface area contributed by atoms with Crippen LogP contribution in [0.4, 0.5) is 0 Å². The van der Waals surface area contributed by atoms with Gasteiger partial charge in [-0.2, -0.15) is 0 Å². The van der Waals surface area contributed by atoms with Crippen LogP contribution in [0.25, 0.3) is 0 Å². The van der Waals surface area contributed by atoms with Gasteiger partial charge in [0.2, 0.25) is 0 Å². The van der Waals surface area contributed by atoms with Crippen molar-refractivity contribution in [1.82, 2.24) is 0 Å². The standard InChI is InChI=1S/2C6H10O2/c1-4-5(2)6(7)8-3;1-3-5(4-2)6(7)8/h4H,1-3H3;3H,4H2,1-2H3,(H,7,8)/b;5-3+. The van der Waals surface area contributed by atoms with E-state index in [9.17, 15) is 9.59 Å². The molecule has 0 amide bonds. The molecule has 0 spiro atoms. The molecule has 0 aliphatic carbocycles. The zero-order valence-corrected chi connectivity index (χ0v) is 10.5. The van der Waals surface area contributed by atoms with Crippen LogP contribution in [-0.4, -0.2) is 24.2 Å². The van der Waals surface area contributed by atoms with E-state index >= 15 is 0 Å². The molecule has 16 heavy (non-hydrogen) atoms. The maximum absolute atomic E-state index is 10.5. The summed E-state index contributed by atoms with van der Waals surface area (Å²) in [4.78, 5) is 20.5. The Labute approximate surface area is 96.6 Å². The van der Waals surface area contributed by atoms with E-state index in [1.54, 1.807) is 32.9 Å². The van der Waals surface area contributed by atoms with Gasteiger partial charge in [-0.15, -0.1) is 0 Å². The van der Waals surface area contributed by atoms with Gasteiger partial charge in [0.25, 0.3) is 0 Å². The Kier molecular flexibility index (Phi) is 10.5. The van der Waals surface area contributed by atoms with E-state index in [0.717, 1.165) is 0 Å². The summed E-state index contributed by atoms with van der Waals surface area (Å²) in [5, 5.41) is 8.30. The average molecular weight is 228 g/mol. The number of carboxylic acid groups (broad SMARTS) is 1. The average Bonchev–Trinajstić information content (AvgIpc) is 2.29. The monoisotopic (exact) mass is 228 g/mol. The van der Waals surface area contributed by atoms with E-state index in [-0.39, 0.29) is 5.97 Å². The summed E-state index contributed by atoms with van der Waals surface area (Å²) in [6.07, 6.45) is 3.93. The van der Waals surface area contributed by atoms with Crippen molar-refractivity contribution in [3.8, 4) is 0 Å². The predicted octanol–water partition coefficient (Wildman–Crippen LogP) is 2.55. The predicted molar refractivity (Wildman–Crippen MR) is 63.1 cm³/mol. The maximum Gasteiger partial charge on any atom is 0.333 e. The Hall–Kier alpha value is -1.58. The topological polar surface area (TPSA) is 63.6 Å². The van der Waals surface area contributed by atoms with Gasteiger partial charge in [0.1, 0.15) is 0 Å². The number of methoxy groups -OCH3 is 1. The molecule has 0 atom stereocenters. The fraction of sp³-hybridized carbons (Fsp3) is 0.500. The van der Waals surface area contributed by atoms with Gasteiger partial charge >= 0.3 is 11.9 Å². The maximum atomic E-state index is 10.5. The van der Waals surface area contributed by atoms with Crippen LogP contribution in [-0.2, 0) is 14.3 Å². The highest BCUT2D eigenvalue weighted by Crippen LogP contribution is 1.97. The number of carboxylic acids is 1. The molecule has 4 nitrogen and oxygen atoms in total. The summed E-state index contributed by atoms with van der Waals surface area (Å²) in [7, 11) is 1.37. The van der Waals surface area contributed by atoms with Crippen molar-refractivity contribution in [3.63, 3.8) is 0 Å². The molecule has 92 valence electrons. The number of aliphatic carboxylic acids is 1. The summed E-state index contributed by atoms with van der Waals surface area (Å²) in [6.45, 7) is 7.06. The first-order chi connectivity index (χ1) is 7.44. The molecular formula is C12H20O4. The molecule has 0 radical (unpaired) electrons. The summed E-state index contributed by atoms with van der Waals surface area (Å²) < 4.78 is 4.40. The molecular weight excluding hydrogens is 208 g/mol. The van der Waals surface area contributed by atoms with Crippen LogP contribution in [0.1, 0.15) is 34.1 Å². The lowest BCUT2D eigenvalue weighted by Gasteiger charge is -1.93. The van der Waals surface area contributed by atoms with Crippen LogP contribution in [0, 0.1) is 0 Å². The van der Waals surface area contributed by atoms with Gasteiger partial charge < -0.3 is 9.84 Å². The van der Waals surface area contributed by atoms with Crippen LogP contribution in [0.15, 0.2) is 23.3 Å². The van der Waals surface area contributed by atoms with Gasteiger partial charge in [0.05, 0.1) is 7.11 Å². The molecule has 0 aliphatic heterocycles. The molecule has 4 heteroatoms. The van der Waals surface area contributed by atoms with Crippen LogP contribution in [0.3, 0.4) is 0 Å². The second-order valence-corrected chi connectivity index (χ2v) is 2.94. The number of rotatable bonds is 3. The van der Waals surface area contributed by atoms with E-state index in [4.69, 9.17) is 5.11 Å². The smallest absolute Gasteiger partial charge is 0.333 e. The number of carbonyl (C=O) groups is 2. The van der Waals surface area contributed by atoms with Gasteiger partial charge in [-0.05, 0) is 27.2 Å². The SMILES string of the molecule is C/C=C(\CC)C(=O)O.CC=C(C)C(=O)OC. The van der Waals surface area contributed by atoms with Crippen molar-refractivity contribution in [3.05, 3.63) is 23.3 Å². The lowest BCUT2D eigenvalue weighted by molar-refractivity contribution is -0.136. The molecule has 1 N–H and O–H groups in total. The minimum absolute atomic E-state index is 0.257. The lowest BCUT2D eigenvalue weighted by atomic mass is 10.2. The van der Waals surface area contributed by atoms with Crippen molar-refractivity contribution in [1.29, 1.82) is 0 Å². The first-order valence-corrected chi connectivity index (χ1v) is 5.04. The quantitative estimate of drug-likeness (QED) is 0.595. The minimum atomic E-state index is -0.810. The summed E-state index contributed by atoms with van der Waals surface area (Å²) in [5.41, 5.74) is 1.12. The highest BCUT2D eigenvalue weighted by molar-refractivity contribution is 5.87. The Morgan fingerprint density at radius 1 is 1.25 bits per heavy atom. The van der Waals surface area contributed by atoms with Gasteiger partial charge in [-0.3, -0.25) is 0 Å². The molecule has 0 aromatic rings. The van der Waals surface area contributed by atoms with E-state index in [2.05, 4.69) is 4.74 Å². The van der Waals surface area contributed by atoms with Crippen LogP contribution in [0.5, 0.6) is 0 Å². The van der Waals surface area contributed by atoms with Crippen LogP contribution in [0.2, 0.25) is 0 Å². The molecule has 0 saturated carbocycles. The van der Waals surface area contributed by atoms with Crippen molar-refractivity contribution in [2.75, 3.05) is 7.11 Å². The Morgan fingerprint density at radius 2 is 1.75 bits per heavy atom. The van der Waals surface area contributed by atoms with Gasteiger partial charge in [0.15, 0.2) is 0 Å². The van der Waals surface area contributed by atoms with Crippen molar-refractivity contribution < 1.29 is 19.4 Å². The molecule has 0 aliphatic rings. The van der Waals surface area contributed by atoms with E-state index in [1.807, 2.05) is 6.92 Å². The minimum Gasteiger partial charge on any atom is -0.478 e. The Balaban J connectivity index is 0. The summed E-state index contributed by atoms with van der Waals surface area (Å²) >= 11 is 0. The lowest BCUT2D eigenvalue weighted by Crippen LogP contribution is -2.00. The number of esters is 1. The highest BCUT2D eigenvalue weighted by Gasteiger charge is 1.99. The molecule has 0 bridgehead atoms. The van der Waals surface area contributed by atoms with E-state index in [0.29, 0.717) is 17.6 Å². The number of carbonyl (C=O) groups excluding carboxylic acids is 1. The highest BCUT2D eigenvalue weighted by atomic mass is 16.5. The van der Waals surface area contributed by atoms with Gasteiger partial charge in [-0.1, -0.05) is 19.1 Å². The largest absolute Gasteiger partial charge is 0.478 e. The summed E-state index contributed by atoms with van der Waals surface area (Å²) in [5.74, 6) is -1.07. The molecule has 0 saturated heterocycles. The summed E-state index contributed by atoms with van der Waals surface area (Å²) in [6, 6.07) is 0. The molecule has 0 aromatic heterocycles. The third kappa shape index (κ3) is 7.79. The first kappa shape index (κ1) is 16.8. The second kappa shape index (κ2) is 9.96. The second-order valence-electron chi connectivity index (χ2n) is 2.94. The molecule has 0 fully saturated rings. The number of hydrogen-bond acceptors (Lipinski definition) is 3. The third-order valence-electron chi connectivity index (χ3n) is 1.94. The first-order valence-electron chi connectivity index (χ1n) is 5.04. The number of hydrogen-bond donors (Lipinski definition) is 1. The van der Waals surface area contributed by atoms with Crippen molar-refractivity contribution in [2.24, 2.45) is 0 Å². The van der Waals surface area contributed by atoms with Crippen LogP contribution >= 0.6 is 0 Å². The van der Waals surface area contributed by atoms with E-state index < -0.39 is 5.97 Å². The van der Waals surface area contributed by atoms with Crippen molar-refractivity contribution in [2.45, 2.75) is 34.1 Å². The Morgan fingerprint density at radius 3 is 1.81 bits per heavy atom. The molecule has 0 aromatic carbocycles. The zero-order valence-electron chi connectivity index (χ0n) is 10.5. The number of allylic oxidation sites excluding steroid dienone is 2. The van der Waals surface area contributed by atoms with Gasteiger partial charge in [-0.25, -0.2) is 9.59 Å². The van der Waals surface area contributed by atoms with Crippen molar-refractivity contribution >= 4 is 11.9 Å². The Bertz CT molecular complexity index is 287. The fourth-order valence-electron chi connectivity index (χ4n) is 0.758. The van der Waals surface area contributed by atoms with E-state index in [1.165, 1.54) is 7.11 Å².